The minimum Gasteiger partial charge on any atom is -0.466 e. The van der Waals surface area contributed by atoms with E-state index < -0.39 is 0 Å². The van der Waals surface area contributed by atoms with Crippen molar-refractivity contribution in [3.63, 3.8) is 0 Å². The summed E-state index contributed by atoms with van der Waals surface area (Å²) >= 11 is 0. The summed E-state index contributed by atoms with van der Waals surface area (Å²) in [5.74, 6) is -0.244. The Labute approximate surface area is 90.2 Å². The third kappa shape index (κ3) is 3.72. The predicted octanol–water partition coefficient (Wildman–Crippen LogP) is 1.95. The number of carbonyl (C=O) groups is 1. The van der Waals surface area contributed by atoms with Crippen LogP contribution in [0, 0.1) is 6.92 Å². The van der Waals surface area contributed by atoms with Crippen LogP contribution in [-0.4, -0.2) is 12.6 Å². The maximum absolute atomic E-state index is 11.2. The van der Waals surface area contributed by atoms with Gasteiger partial charge in [0, 0.05) is 6.04 Å². The number of esters is 1. The van der Waals surface area contributed by atoms with Crippen LogP contribution < -0.4 is 5.73 Å². The van der Waals surface area contributed by atoms with Gasteiger partial charge >= 0.3 is 5.97 Å². The highest BCUT2D eigenvalue weighted by atomic mass is 16.5. The number of nitrogens with two attached hydrogens (primary N) is 1. The number of aryl methyl sites for hydroxylation is 1. The van der Waals surface area contributed by atoms with Crippen LogP contribution in [0.1, 0.15) is 30.5 Å². The molecule has 3 heteroatoms. The summed E-state index contributed by atoms with van der Waals surface area (Å²) in [4.78, 5) is 11.2. The summed E-state index contributed by atoms with van der Waals surface area (Å²) in [5.41, 5.74) is 8.01. The highest BCUT2D eigenvalue weighted by Gasteiger charge is 2.12. The second-order valence-electron chi connectivity index (χ2n) is 3.53. The van der Waals surface area contributed by atoms with Gasteiger partial charge in [0.2, 0.25) is 0 Å². The molecule has 0 fully saturated rings. The summed E-state index contributed by atoms with van der Waals surface area (Å²) in [7, 11) is 0. The number of carbonyl (C=O) groups excluding carboxylic acids is 1. The summed E-state index contributed by atoms with van der Waals surface area (Å²) in [6.07, 6.45) is 0.233. The first-order valence-electron chi connectivity index (χ1n) is 5.11. The Morgan fingerprint density at radius 3 is 2.87 bits per heavy atom. The quantitative estimate of drug-likeness (QED) is 0.768. The third-order valence-corrected chi connectivity index (χ3v) is 2.16. The van der Waals surface area contributed by atoms with Crippen molar-refractivity contribution in [1.82, 2.24) is 0 Å². The fourth-order valence-corrected chi connectivity index (χ4v) is 1.42. The average Bonchev–Trinajstić information content (AvgIpc) is 2.18. The summed E-state index contributed by atoms with van der Waals surface area (Å²) in [6.45, 7) is 4.19. The molecule has 82 valence electrons. The molecule has 0 bridgehead atoms. The van der Waals surface area contributed by atoms with Gasteiger partial charge in [-0.05, 0) is 19.4 Å². The van der Waals surface area contributed by atoms with Crippen molar-refractivity contribution >= 4 is 5.97 Å². The Morgan fingerprint density at radius 2 is 2.27 bits per heavy atom. The Balaban J connectivity index is 2.60. The van der Waals surface area contributed by atoms with Crippen molar-refractivity contribution in [3.8, 4) is 0 Å². The molecular weight excluding hydrogens is 190 g/mol. The van der Waals surface area contributed by atoms with Gasteiger partial charge in [0.1, 0.15) is 0 Å². The molecule has 1 atom stereocenters. The number of hydrogen-bond acceptors (Lipinski definition) is 3. The standard InChI is InChI=1S/C12H17NO2/c1-3-15-12(14)8-11(13)10-6-4-5-9(2)7-10/h4-7,11H,3,8,13H2,1-2H3. The van der Waals surface area contributed by atoms with Crippen molar-refractivity contribution in [2.75, 3.05) is 6.61 Å². The van der Waals surface area contributed by atoms with E-state index in [1.54, 1.807) is 6.92 Å². The lowest BCUT2D eigenvalue weighted by Crippen LogP contribution is -2.17. The summed E-state index contributed by atoms with van der Waals surface area (Å²) in [6, 6.07) is 7.58. The van der Waals surface area contributed by atoms with Crippen LogP contribution in [0.4, 0.5) is 0 Å². The van der Waals surface area contributed by atoms with Gasteiger partial charge in [0.15, 0.2) is 0 Å². The summed E-state index contributed by atoms with van der Waals surface area (Å²) < 4.78 is 4.85. The smallest absolute Gasteiger partial charge is 0.307 e. The van der Waals surface area contributed by atoms with Crippen LogP contribution in [0.25, 0.3) is 0 Å². The minimum absolute atomic E-state index is 0.233. The van der Waals surface area contributed by atoms with Crippen molar-refractivity contribution in [1.29, 1.82) is 0 Å². The Hall–Kier alpha value is -1.35. The van der Waals surface area contributed by atoms with Gasteiger partial charge in [0.05, 0.1) is 13.0 Å². The van der Waals surface area contributed by atoms with E-state index >= 15 is 0 Å². The molecule has 0 saturated heterocycles. The van der Waals surface area contributed by atoms with Gasteiger partial charge in [-0.1, -0.05) is 29.8 Å². The number of ether oxygens (including phenoxy) is 1. The zero-order chi connectivity index (χ0) is 11.3. The molecular formula is C12H17NO2. The van der Waals surface area contributed by atoms with Crippen molar-refractivity contribution in [2.45, 2.75) is 26.3 Å². The van der Waals surface area contributed by atoms with Gasteiger partial charge in [-0.2, -0.15) is 0 Å². The van der Waals surface area contributed by atoms with Gasteiger partial charge in [0.25, 0.3) is 0 Å². The first-order valence-corrected chi connectivity index (χ1v) is 5.11. The van der Waals surface area contributed by atoms with E-state index in [-0.39, 0.29) is 18.4 Å². The second kappa shape index (κ2) is 5.51. The van der Waals surface area contributed by atoms with Crippen LogP contribution >= 0.6 is 0 Å². The molecule has 0 saturated carbocycles. The first kappa shape index (κ1) is 11.7. The predicted molar refractivity (Wildman–Crippen MR) is 59.4 cm³/mol. The van der Waals surface area contributed by atoms with Crippen LogP contribution in [-0.2, 0) is 9.53 Å². The number of benzene rings is 1. The van der Waals surface area contributed by atoms with E-state index in [1.807, 2.05) is 31.2 Å². The van der Waals surface area contributed by atoms with E-state index in [1.165, 1.54) is 0 Å². The van der Waals surface area contributed by atoms with Crippen molar-refractivity contribution < 1.29 is 9.53 Å². The first-order chi connectivity index (χ1) is 7.13. The monoisotopic (exact) mass is 207 g/mol. The Kier molecular flexibility index (Phi) is 4.31. The van der Waals surface area contributed by atoms with Gasteiger partial charge < -0.3 is 10.5 Å². The third-order valence-electron chi connectivity index (χ3n) is 2.16. The second-order valence-corrected chi connectivity index (χ2v) is 3.53. The van der Waals surface area contributed by atoms with Crippen molar-refractivity contribution in [2.24, 2.45) is 5.73 Å². The Morgan fingerprint density at radius 1 is 1.53 bits per heavy atom. The maximum atomic E-state index is 11.2. The molecule has 15 heavy (non-hydrogen) atoms. The maximum Gasteiger partial charge on any atom is 0.307 e. The molecule has 0 radical (unpaired) electrons. The molecule has 1 unspecified atom stereocenters. The fourth-order valence-electron chi connectivity index (χ4n) is 1.42. The van der Waals surface area contributed by atoms with Crippen LogP contribution in [0.2, 0.25) is 0 Å². The molecule has 1 aromatic carbocycles. The molecule has 0 aliphatic carbocycles. The summed E-state index contributed by atoms with van der Waals surface area (Å²) in [5, 5.41) is 0. The lowest BCUT2D eigenvalue weighted by molar-refractivity contribution is -0.143. The lowest BCUT2D eigenvalue weighted by atomic mass is 10.0. The largest absolute Gasteiger partial charge is 0.466 e. The van der Waals surface area contributed by atoms with Gasteiger partial charge in [-0.15, -0.1) is 0 Å². The zero-order valence-corrected chi connectivity index (χ0v) is 9.19. The molecule has 2 N–H and O–H groups in total. The molecule has 0 heterocycles. The molecule has 0 amide bonds. The number of hydrogen-bond donors (Lipinski definition) is 1. The molecule has 0 aliphatic heterocycles. The van der Waals surface area contributed by atoms with E-state index in [9.17, 15) is 4.79 Å². The zero-order valence-electron chi connectivity index (χ0n) is 9.19. The highest BCUT2D eigenvalue weighted by Crippen LogP contribution is 2.15. The topological polar surface area (TPSA) is 52.3 Å². The Bertz CT molecular complexity index is 336. The number of rotatable bonds is 4. The normalized spacial score (nSPS) is 12.2. The molecule has 0 aromatic heterocycles. The van der Waals surface area contributed by atoms with E-state index in [0.717, 1.165) is 11.1 Å². The average molecular weight is 207 g/mol. The fraction of sp³-hybridized carbons (Fsp3) is 0.417. The van der Waals surface area contributed by atoms with Gasteiger partial charge in [-0.25, -0.2) is 0 Å². The van der Waals surface area contributed by atoms with Crippen LogP contribution in [0.5, 0.6) is 0 Å². The molecule has 1 aromatic rings. The minimum atomic E-state index is -0.274. The van der Waals surface area contributed by atoms with E-state index in [0.29, 0.717) is 6.61 Å². The van der Waals surface area contributed by atoms with E-state index in [2.05, 4.69) is 0 Å². The molecule has 3 nitrogen and oxygen atoms in total. The van der Waals surface area contributed by atoms with Crippen LogP contribution in [0.3, 0.4) is 0 Å². The van der Waals surface area contributed by atoms with Gasteiger partial charge in [-0.3, -0.25) is 4.79 Å². The SMILES string of the molecule is CCOC(=O)CC(N)c1cccc(C)c1. The molecule has 1 rings (SSSR count). The molecule has 0 aliphatic rings. The lowest BCUT2D eigenvalue weighted by Gasteiger charge is -2.11. The van der Waals surface area contributed by atoms with Crippen molar-refractivity contribution in [3.05, 3.63) is 35.4 Å². The van der Waals surface area contributed by atoms with E-state index in [4.69, 9.17) is 10.5 Å². The molecule has 0 spiro atoms. The van der Waals surface area contributed by atoms with Crippen LogP contribution in [0.15, 0.2) is 24.3 Å². The highest BCUT2D eigenvalue weighted by molar-refractivity contribution is 5.70.